The molecule has 2 N–H and O–H groups in total. The number of morpholine rings is 1. The minimum absolute atomic E-state index is 0.0413. The Morgan fingerprint density at radius 2 is 1.75 bits per heavy atom. The molecule has 1 unspecified atom stereocenters. The molecule has 6 heterocycles. The minimum atomic E-state index is -4.78. The van der Waals surface area contributed by atoms with Crippen molar-refractivity contribution < 1.29 is 37.0 Å². The third-order valence-corrected chi connectivity index (χ3v) is 11.2. The highest BCUT2D eigenvalue weighted by Crippen LogP contribution is 2.50. The molecular weight excluding hydrogens is 752 g/mol. The summed E-state index contributed by atoms with van der Waals surface area (Å²) in [7, 11) is 0. The van der Waals surface area contributed by atoms with E-state index in [2.05, 4.69) is 25.3 Å². The Morgan fingerprint density at radius 3 is 2.44 bits per heavy atom. The summed E-state index contributed by atoms with van der Waals surface area (Å²) in [5.74, 6) is -2.12. The maximum Gasteiger partial charge on any atom is 0.416 e. The Morgan fingerprint density at radius 1 is 1.02 bits per heavy atom. The number of carbonyl (C=O) groups excluding carboxylic acids is 2. The maximum absolute atomic E-state index is 14.9. The van der Waals surface area contributed by atoms with Crippen molar-refractivity contribution in [1.29, 1.82) is 0 Å². The van der Waals surface area contributed by atoms with Crippen molar-refractivity contribution in [3.63, 3.8) is 0 Å². The van der Waals surface area contributed by atoms with Crippen LogP contribution in [0.4, 0.5) is 29.1 Å². The van der Waals surface area contributed by atoms with E-state index in [0.717, 1.165) is 16.4 Å². The van der Waals surface area contributed by atoms with E-state index in [4.69, 9.17) is 14.7 Å². The first-order valence-electron chi connectivity index (χ1n) is 18.5. The molecule has 2 amide bonds. The van der Waals surface area contributed by atoms with Crippen molar-refractivity contribution in [2.24, 2.45) is 0 Å². The zero-order chi connectivity index (χ0) is 40.4. The fourth-order valence-electron chi connectivity index (χ4n) is 8.38. The number of aromatic hydroxyl groups is 1. The molecule has 1 atom stereocenters. The van der Waals surface area contributed by atoms with E-state index in [1.807, 2.05) is 19.1 Å². The number of benzene rings is 1. The van der Waals surface area contributed by atoms with Gasteiger partial charge in [-0.2, -0.15) is 22.7 Å². The number of nitrogens with one attached hydrogen (secondary N) is 1. The van der Waals surface area contributed by atoms with Crippen LogP contribution in [0, 0.1) is 19.7 Å². The van der Waals surface area contributed by atoms with Crippen LogP contribution in [0.5, 0.6) is 5.75 Å². The predicted octanol–water partition coefficient (Wildman–Crippen LogP) is 4.38. The number of aromatic nitrogens is 7. The number of fused-ring (bicyclic) bond motifs is 3. The summed E-state index contributed by atoms with van der Waals surface area (Å²) in [6.07, 6.45) is -2.32. The lowest BCUT2D eigenvalue weighted by Gasteiger charge is -2.39. The number of carbonyl (C=O) groups is 2. The zero-order valence-electron chi connectivity index (χ0n) is 31.2. The topological polar surface area (TPSA) is 173 Å². The predicted molar refractivity (Wildman–Crippen MR) is 197 cm³/mol. The van der Waals surface area contributed by atoms with Gasteiger partial charge in [-0.25, -0.2) is 19.3 Å². The molecule has 57 heavy (non-hydrogen) atoms. The number of pyridine rings is 1. The van der Waals surface area contributed by atoms with Crippen molar-refractivity contribution in [2.75, 3.05) is 49.6 Å². The summed E-state index contributed by atoms with van der Waals surface area (Å²) >= 11 is 0. The van der Waals surface area contributed by atoms with Gasteiger partial charge in [0.25, 0.3) is 11.5 Å². The minimum Gasteiger partial charge on any atom is -0.504 e. The third-order valence-electron chi connectivity index (χ3n) is 11.2. The average molecular weight is 791 g/mol. The van der Waals surface area contributed by atoms with Crippen molar-refractivity contribution in [3.8, 4) is 17.1 Å². The van der Waals surface area contributed by atoms with Gasteiger partial charge in [-0.1, -0.05) is 6.92 Å². The number of aryl methyl sites for hydroxylation is 2. The summed E-state index contributed by atoms with van der Waals surface area (Å²) in [5, 5.41) is 17.5. The molecule has 298 valence electrons. The van der Waals surface area contributed by atoms with Crippen LogP contribution in [-0.2, 0) is 27.7 Å². The van der Waals surface area contributed by atoms with E-state index in [1.54, 1.807) is 23.3 Å². The van der Waals surface area contributed by atoms with Crippen molar-refractivity contribution >= 4 is 29.1 Å². The van der Waals surface area contributed by atoms with Crippen LogP contribution in [0.25, 0.3) is 17.2 Å². The fourth-order valence-corrected chi connectivity index (χ4v) is 8.38. The largest absolute Gasteiger partial charge is 0.504 e. The van der Waals surface area contributed by atoms with Crippen LogP contribution in [0.3, 0.4) is 0 Å². The number of hydrogen-bond donors (Lipinski definition) is 2. The number of rotatable bonds is 6. The molecule has 8 rings (SSSR count). The molecule has 2 aliphatic heterocycles. The van der Waals surface area contributed by atoms with E-state index in [1.165, 1.54) is 6.33 Å². The number of nitrogens with zero attached hydrogens (tertiary/aromatic N) is 9. The van der Waals surface area contributed by atoms with Crippen LogP contribution in [-0.4, -0.2) is 95.3 Å². The summed E-state index contributed by atoms with van der Waals surface area (Å²) < 4.78 is 62.7. The van der Waals surface area contributed by atoms with Gasteiger partial charge >= 0.3 is 6.18 Å². The molecule has 0 radical (unpaired) electrons. The SMILES string of the molecule is Cc1nc(N2CCOCC2)ccc1-c1nc2n(CC(=O)Nc3ccc(C(F)(F)F)cc3F)c3c(c(=O)n2n1)C1(CCN(C(=O)c2ncnc(C)c2O)CC1)CC3C. The van der Waals surface area contributed by atoms with Crippen LogP contribution >= 0.6 is 0 Å². The van der Waals surface area contributed by atoms with E-state index in [-0.39, 0.29) is 47.7 Å². The van der Waals surface area contributed by atoms with Gasteiger partial charge in [0.1, 0.15) is 24.5 Å². The van der Waals surface area contributed by atoms with Crippen LogP contribution in [0.1, 0.15) is 70.8 Å². The molecule has 19 heteroatoms. The van der Waals surface area contributed by atoms with Gasteiger partial charge < -0.3 is 29.5 Å². The van der Waals surface area contributed by atoms with E-state index in [0.29, 0.717) is 80.2 Å². The van der Waals surface area contributed by atoms with Crippen LogP contribution in [0.15, 0.2) is 41.5 Å². The monoisotopic (exact) mass is 790 g/mol. The van der Waals surface area contributed by atoms with Gasteiger partial charge in [0.15, 0.2) is 17.3 Å². The molecule has 1 aliphatic carbocycles. The Hall–Kier alpha value is -5.98. The Balaban J connectivity index is 1.18. The van der Waals surface area contributed by atoms with Gasteiger partial charge in [-0.15, -0.1) is 5.10 Å². The average Bonchev–Trinajstić information content (AvgIpc) is 3.75. The zero-order valence-corrected chi connectivity index (χ0v) is 31.2. The van der Waals surface area contributed by atoms with Gasteiger partial charge in [0.2, 0.25) is 11.7 Å². The van der Waals surface area contributed by atoms with E-state index in [9.17, 15) is 37.1 Å². The molecular formula is C38H38F4N10O5. The molecule has 1 aromatic carbocycles. The van der Waals surface area contributed by atoms with Crippen LogP contribution < -0.4 is 15.8 Å². The highest BCUT2D eigenvalue weighted by molar-refractivity contribution is 5.95. The van der Waals surface area contributed by atoms with E-state index >= 15 is 0 Å². The molecule has 0 bridgehead atoms. The maximum atomic E-state index is 14.9. The van der Waals surface area contributed by atoms with E-state index < -0.39 is 52.6 Å². The number of alkyl halides is 3. The standard InChI is InChI=1S/C38H38F4N10O5/c1-20-17-37(8-10-50(11-9-37)35(56)30-32(54)22(3)43-19-44-30)29-31(20)51(18-28(53)46-26-6-4-23(16-25(26)39)38(40,41)42)36-47-33(48-52(36)34(29)55)24-5-7-27(45-21(24)2)49-12-14-57-15-13-49/h4-7,16,19-20,54H,8-15,17-18H2,1-3H3,(H,46,53). The summed E-state index contributed by atoms with van der Waals surface area (Å²) in [4.78, 5) is 63.0. The van der Waals surface area contributed by atoms with Gasteiger partial charge in [-0.05, 0) is 69.4 Å². The second kappa shape index (κ2) is 14.2. The number of amides is 2. The molecule has 5 aromatic rings. The summed E-state index contributed by atoms with van der Waals surface area (Å²) in [6, 6.07) is 5.50. The molecule has 1 spiro atoms. The summed E-state index contributed by atoms with van der Waals surface area (Å²) in [5.41, 5.74) is -0.579. The number of piperidine rings is 1. The normalized spacial score (nSPS) is 18.0. The first kappa shape index (κ1) is 37.9. The molecule has 0 saturated carbocycles. The highest BCUT2D eigenvalue weighted by atomic mass is 19.4. The quantitative estimate of drug-likeness (QED) is 0.234. The molecule has 3 aliphatic rings. The Bertz CT molecular complexity index is 2490. The second-order valence-corrected chi connectivity index (χ2v) is 14.8. The summed E-state index contributed by atoms with van der Waals surface area (Å²) in [6.45, 7) is 7.79. The number of likely N-dealkylation sites (tertiary alicyclic amines) is 1. The lowest BCUT2D eigenvalue weighted by Crippen LogP contribution is -2.46. The molecule has 4 aromatic heterocycles. The van der Waals surface area contributed by atoms with Gasteiger partial charge in [0.05, 0.1) is 35.9 Å². The first-order valence-corrected chi connectivity index (χ1v) is 18.5. The number of anilines is 2. The van der Waals surface area contributed by atoms with Crippen LogP contribution in [0.2, 0.25) is 0 Å². The smallest absolute Gasteiger partial charge is 0.416 e. The number of halogens is 4. The Labute approximate surface area is 322 Å². The number of hydrogen-bond acceptors (Lipinski definition) is 11. The number of ether oxygens (including phenoxy) is 1. The molecule has 2 fully saturated rings. The van der Waals surface area contributed by atoms with Gasteiger partial charge in [0, 0.05) is 48.4 Å². The van der Waals surface area contributed by atoms with Crippen molar-refractivity contribution in [2.45, 2.75) is 64.1 Å². The fraction of sp³-hybridized carbons (Fsp3) is 0.421. The van der Waals surface area contributed by atoms with Crippen molar-refractivity contribution in [3.05, 3.63) is 86.7 Å². The second-order valence-electron chi connectivity index (χ2n) is 14.8. The highest BCUT2D eigenvalue weighted by Gasteiger charge is 2.49. The third kappa shape index (κ3) is 6.72. The molecule has 2 saturated heterocycles. The van der Waals surface area contributed by atoms with Crippen molar-refractivity contribution in [1.82, 2.24) is 39.0 Å². The Kier molecular flexibility index (Phi) is 9.44. The lowest BCUT2D eigenvalue weighted by molar-refractivity contribution is -0.137. The van der Waals surface area contributed by atoms with Gasteiger partial charge in [-0.3, -0.25) is 14.4 Å². The lowest BCUT2D eigenvalue weighted by atomic mass is 9.73. The first-order chi connectivity index (χ1) is 27.1. The molecule has 15 nitrogen and oxygen atoms in total.